The highest BCUT2D eigenvalue weighted by Crippen LogP contribution is 2.45. The normalized spacial score (nSPS) is 12.2. The van der Waals surface area contributed by atoms with Crippen molar-refractivity contribution in [3.05, 3.63) is 121 Å². The van der Waals surface area contributed by atoms with Crippen LogP contribution < -0.4 is 0 Å². The first-order valence-corrected chi connectivity index (χ1v) is 13.6. The summed E-state index contributed by atoms with van der Waals surface area (Å²) in [4.78, 5) is 0. The first-order chi connectivity index (χ1) is 18.9. The molecule has 3 nitrogen and oxygen atoms in total. The van der Waals surface area contributed by atoms with Gasteiger partial charge >= 0.3 is 0 Å². The van der Waals surface area contributed by atoms with E-state index >= 15 is 0 Å². The van der Waals surface area contributed by atoms with Crippen LogP contribution in [0.1, 0.15) is 0 Å². The van der Waals surface area contributed by atoms with Crippen LogP contribution in [0.15, 0.2) is 126 Å². The van der Waals surface area contributed by atoms with Crippen molar-refractivity contribution in [1.82, 2.24) is 9.13 Å². The van der Waals surface area contributed by atoms with Crippen molar-refractivity contribution in [2.45, 2.75) is 0 Å². The predicted octanol–water partition coefficient (Wildman–Crippen LogP) is 9.84. The van der Waals surface area contributed by atoms with Crippen LogP contribution in [0.2, 0.25) is 0 Å². The fraction of sp³-hybridized carbons (Fsp3) is 0. The summed E-state index contributed by atoms with van der Waals surface area (Å²) < 4.78 is 13.8. The second-order valence-electron chi connectivity index (χ2n) is 9.78. The molecule has 9 aromatic rings. The van der Waals surface area contributed by atoms with Crippen LogP contribution in [0.25, 0.3) is 75.6 Å². The molecule has 5 aromatic carbocycles. The summed E-state index contributed by atoms with van der Waals surface area (Å²) in [7, 11) is 0. The Bertz CT molecular complexity index is 2350. The van der Waals surface area contributed by atoms with Crippen LogP contribution in [-0.2, 0) is 0 Å². The Balaban J connectivity index is 1.39. The Kier molecular flexibility index (Phi) is 3.93. The standard InChI is InChI=1S/C34H20N2OS/c1-2-10-21(11-3-1)35-27-15-7-4-12-23(27)26-20-22(18-19-29(26)35)36-28-16-8-5-13-24(28)31-33-32(37-34(31)36)25-14-6-9-17-30(25)38-33/h1-20H. The van der Waals surface area contributed by atoms with Gasteiger partial charge in [-0.3, -0.25) is 4.57 Å². The van der Waals surface area contributed by atoms with Crippen molar-refractivity contribution >= 4 is 75.5 Å². The van der Waals surface area contributed by atoms with Crippen molar-refractivity contribution in [2.75, 3.05) is 0 Å². The fourth-order valence-corrected chi connectivity index (χ4v) is 7.31. The molecule has 178 valence electrons. The maximum Gasteiger partial charge on any atom is 0.214 e. The summed E-state index contributed by atoms with van der Waals surface area (Å²) in [6.07, 6.45) is 0. The van der Waals surface area contributed by atoms with E-state index in [4.69, 9.17) is 4.42 Å². The zero-order valence-corrected chi connectivity index (χ0v) is 21.1. The minimum atomic E-state index is 0.907. The summed E-state index contributed by atoms with van der Waals surface area (Å²) in [6.45, 7) is 0. The number of nitrogens with zero attached hydrogens (tertiary/aromatic N) is 2. The molecule has 0 radical (unpaired) electrons. The minimum absolute atomic E-state index is 0.907. The van der Waals surface area contributed by atoms with Crippen LogP contribution >= 0.6 is 11.3 Å². The number of thiophene rings is 1. The van der Waals surface area contributed by atoms with E-state index in [9.17, 15) is 0 Å². The summed E-state index contributed by atoms with van der Waals surface area (Å²) in [5, 5.41) is 6.07. The van der Waals surface area contributed by atoms with E-state index in [0.717, 1.165) is 22.5 Å². The van der Waals surface area contributed by atoms with Crippen molar-refractivity contribution < 1.29 is 4.42 Å². The summed E-state index contributed by atoms with van der Waals surface area (Å²) in [6, 6.07) is 43.2. The largest absolute Gasteiger partial charge is 0.438 e. The maximum absolute atomic E-state index is 6.72. The second-order valence-corrected chi connectivity index (χ2v) is 10.8. The average molecular weight is 505 g/mol. The Morgan fingerprint density at radius 2 is 1.16 bits per heavy atom. The number of hydrogen-bond donors (Lipinski definition) is 0. The first kappa shape index (κ1) is 20.3. The quantitative estimate of drug-likeness (QED) is 0.230. The lowest BCUT2D eigenvalue weighted by molar-refractivity contribution is 0.649. The van der Waals surface area contributed by atoms with E-state index in [-0.39, 0.29) is 0 Å². The summed E-state index contributed by atoms with van der Waals surface area (Å²) >= 11 is 1.82. The van der Waals surface area contributed by atoms with Gasteiger partial charge in [0.25, 0.3) is 0 Å². The SMILES string of the molecule is c1ccc(-n2c3ccccc3c3cc(-n4c5ccccc5c5c6sc7ccccc7c6oc54)ccc32)cc1. The second kappa shape index (κ2) is 7.37. The van der Waals surface area contributed by atoms with E-state index in [2.05, 4.69) is 130 Å². The highest BCUT2D eigenvalue weighted by Gasteiger charge is 2.23. The molecule has 4 heteroatoms. The highest BCUT2D eigenvalue weighted by molar-refractivity contribution is 7.26. The van der Waals surface area contributed by atoms with Gasteiger partial charge in [-0.05, 0) is 54.6 Å². The number of rotatable bonds is 2. The Morgan fingerprint density at radius 3 is 2.00 bits per heavy atom. The molecule has 0 amide bonds. The van der Waals surface area contributed by atoms with Gasteiger partial charge in [0.15, 0.2) is 5.58 Å². The third kappa shape index (κ3) is 2.57. The molecule has 0 N–H and O–H groups in total. The van der Waals surface area contributed by atoms with Crippen LogP contribution in [0.5, 0.6) is 0 Å². The third-order valence-corrected chi connectivity index (χ3v) is 8.91. The third-order valence-electron chi connectivity index (χ3n) is 7.74. The molecule has 0 aliphatic heterocycles. The van der Waals surface area contributed by atoms with Crippen LogP contribution in [0.4, 0.5) is 0 Å². The van der Waals surface area contributed by atoms with Gasteiger partial charge in [0.2, 0.25) is 5.71 Å². The van der Waals surface area contributed by atoms with Crippen molar-refractivity contribution in [1.29, 1.82) is 0 Å². The molecule has 0 unspecified atom stereocenters. The van der Waals surface area contributed by atoms with Gasteiger partial charge in [-0.2, -0.15) is 0 Å². The van der Waals surface area contributed by atoms with Crippen LogP contribution in [0.3, 0.4) is 0 Å². The van der Waals surface area contributed by atoms with Crippen LogP contribution in [0, 0.1) is 0 Å². The van der Waals surface area contributed by atoms with Crippen molar-refractivity contribution in [3.63, 3.8) is 0 Å². The zero-order chi connectivity index (χ0) is 24.8. The Labute approximate surface area is 221 Å². The molecule has 0 atom stereocenters. The maximum atomic E-state index is 6.72. The van der Waals surface area contributed by atoms with Crippen LogP contribution in [-0.4, -0.2) is 9.13 Å². The molecule has 0 fully saturated rings. The lowest BCUT2D eigenvalue weighted by atomic mass is 10.1. The van der Waals surface area contributed by atoms with E-state index in [1.165, 1.54) is 53.1 Å². The lowest BCUT2D eigenvalue weighted by Gasteiger charge is -2.09. The zero-order valence-electron chi connectivity index (χ0n) is 20.3. The monoisotopic (exact) mass is 504 g/mol. The van der Waals surface area contributed by atoms with E-state index in [1.54, 1.807) is 0 Å². The topological polar surface area (TPSA) is 23.0 Å². The number of aromatic nitrogens is 2. The van der Waals surface area contributed by atoms with Gasteiger partial charge < -0.3 is 8.98 Å². The molecule has 0 aliphatic carbocycles. The van der Waals surface area contributed by atoms with Gasteiger partial charge in [-0.15, -0.1) is 11.3 Å². The van der Waals surface area contributed by atoms with Gasteiger partial charge in [-0.25, -0.2) is 0 Å². The van der Waals surface area contributed by atoms with E-state index in [1.807, 2.05) is 11.3 Å². The lowest BCUT2D eigenvalue weighted by Crippen LogP contribution is -1.95. The van der Waals surface area contributed by atoms with Gasteiger partial charge in [0.1, 0.15) is 0 Å². The molecule has 38 heavy (non-hydrogen) atoms. The minimum Gasteiger partial charge on any atom is -0.438 e. The van der Waals surface area contributed by atoms with E-state index < -0.39 is 0 Å². The first-order valence-electron chi connectivity index (χ1n) is 12.8. The van der Waals surface area contributed by atoms with Gasteiger partial charge in [-0.1, -0.05) is 66.7 Å². The molecular weight excluding hydrogens is 484 g/mol. The number of hydrogen-bond acceptors (Lipinski definition) is 2. The Morgan fingerprint density at radius 1 is 0.500 bits per heavy atom. The average Bonchev–Trinajstić information content (AvgIpc) is 3.69. The number of benzene rings is 5. The Hall–Kier alpha value is -4.80. The molecule has 4 aromatic heterocycles. The number of fused-ring (bicyclic) bond motifs is 10. The summed E-state index contributed by atoms with van der Waals surface area (Å²) in [5.74, 6) is 0. The molecule has 0 bridgehead atoms. The molecule has 9 rings (SSSR count). The predicted molar refractivity (Wildman–Crippen MR) is 160 cm³/mol. The number of furan rings is 1. The molecular formula is C34H20N2OS. The molecule has 0 saturated heterocycles. The number of para-hydroxylation sites is 3. The molecule has 4 heterocycles. The summed E-state index contributed by atoms with van der Waals surface area (Å²) in [5.41, 5.74) is 7.72. The molecule has 0 saturated carbocycles. The van der Waals surface area contributed by atoms with Crippen molar-refractivity contribution in [2.24, 2.45) is 0 Å². The smallest absolute Gasteiger partial charge is 0.214 e. The van der Waals surface area contributed by atoms with Gasteiger partial charge in [0.05, 0.1) is 26.6 Å². The molecule has 0 spiro atoms. The van der Waals surface area contributed by atoms with Gasteiger partial charge in [0, 0.05) is 37.6 Å². The molecule has 0 aliphatic rings. The highest BCUT2D eigenvalue weighted by atomic mass is 32.1. The van der Waals surface area contributed by atoms with E-state index in [0.29, 0.717) is 0 Å². The van der Waals surface area contributed by atoms with Crippen molar-refractivity contribution in [3.8, 4) is 11.4 Å². The fourth-order valence-electron chi connectivity index (χ4n) is 6.13.